The molecule has 1 rings (SSSR count). The number of hydrogen-bond acceptors (Lipinski definition) is 6. The van der Waals surface area contributed by atoms with Gasteiger partial charge in [0.15, 0.2) is 0 Å². The SMILES string of the molecule is CCCCC1(CCCCCCCCCC(OC)(OC)OC)CC(=O)OC1=O. The quantitative estimate of drug-likeness (QED) is 0.165. The number of esters is 2. The van der Waals surface area contributed by atoms with Crippen LogP contribution in [0.5, 0.6) is 0 Å². The van der Waals surface area contributed by atoms with Crippen LogP contribution in [0.25, 0.3) is 0 Å². The van der Waals surface area contributed by atoms with Gasteiger partial charge in [0, 0.05) is 27.8 Å². The lowest BCUT2D eigenvalue weighted by Gasteiger charge is -2.28. The molecular formula is C21H38O6. The highest BCUT2D eigenvalue weighted by atomic mass is 16.9. The van der Waals surface area contributed by atoms with Crippen LogP contribution >= 0.6 is 0 Å². The second-order valence-corrected chi connectivity index (χ2v) is 7.59. The van der Waals surface area contributed by atoms with Crippen LogP contribution in [0.3, 0.4) is 0 Å². The van der Waals surface area contributed by atoms with Gasteiger partial charge in [-0.25, -0.2) is 0 Å². The van der Waals surface area contributed by atoms with E-state index in [4.69, 9.17) is 18.9 Å². The molecule has 158 valence electrons. The molecule has 0 spiro atoms. The van der Waals surface area contributed by atoms with Crippen molar-refractivity contribution >= 4 is 11.9 Å². The van der Waals surface area contributed by atoms with E-state index < -0.39 is 11.4 Å². The van der Waals surface area contributed by atoms with Crippen molar-refractivity contribution in [1.29, 1.82) is 0 Å². The molecule has 0 N–H and O–H groups in total. The molecule has 0 saturated carbocycles. The fourth-order valence-corrected chi connectivity index (χ4v) is 3.86. The predicted octanol–water partition coefficient (Wildman–Crippen LogP) is 4.74. The highest BCUT2D eigenvalue weighted by Gasteiger charge is 2.47. The average Bonchev–Trinajstić information content (AvgIpc) is 2.96. The van der Waals surface area contributed by atoms with Gasteiger partial charge in [0.05, 0.1) is 11.8 Å². The van der Waals surface area contributed by atoms with Crippen LogP contribution in [0.1, 0.15) is 90.4 Å². The minimum absolute atomic E-state index is 0.270. The van der Waals surface area contributed by atoms with Crippen LogP contribution in [0, 0.1) is 5.41 Å². The fourth-order valence-electron chi connectivity index (χ4n) is 3.86. The Bertz CT molecular complexity index is 438. The summed E-state index contributed by atoms with van der Waals surface area (Å²) in [4.78, 5) is 23.7. The Hall–Kier alpha value is -0.980. The first-order chi connectivity index (χ1) is 13.0. The summed E-state index contributed by atoms with van der Waals surface area (Å²) in [5, 5.41) is 0. The maximum Gasteiger partial charge on any atom is 0.320 e. The van der Waals surface area contributed by atoms with Gasteiger partial charge in [-0.1, -0.05) is 58.3 Å². The van der Waals surface area contributed by atoms with Crippen molar-refractivity contribution in [2.45, 2.75) is 96.4 Å². The van der Waals surface area contributed by atoms with Crippen LogP contribution in [0.15, 0.2) is 0 Å². The molecule has 6 nitrogen and oxygen atoms in total. The molecule has 0 aromatic heterocycles. The maximum absolute atomic E-state index is 12.1. The molecule has 0 aromatic rings. The van der Waals surface area contributed by atoms with E-state index in [1.165, 1.54) is 6.42 Å². The van der Waals surface area contributed by atoms with Gasteiger partial charge in [-0.05, 0) is 19.3 Å². The van der Waals surface area contributed by atoms with Gasteiger partial charge in [0.1, 0.15) is 0 Å². The first kappa shape index (κ1) is 24.1. The van der Waals surface area contributed by atoms with Gasteiger partial charge in [0.2, 0.25) is 0 Å². The van der Waals surface area contributed by atoms with Crippen molar-refractivity contribution in [1.82, 2.24) is 0 Å². The highest BCUT2D eigenvalue weighted by Crippen LogP contribution is 2.41. The zero-order valence-corrected chi connectivity index (χ0v) is 17.6. The van der Waals surface area contributed by atoms with Gasteiger partial charge in [-0.3, -0.25) is 9.59 Å². The van der Waals surface area contributed by atoms with Crippen LogP contribution in [0.4, 0.5) is 0 Å². The fraction of sp³-hybridized carbons (Fsp3) is 0.905. The second-order valence-electron chi connectivity index (χ2n) is 7.59. The minimum atomic E-state index is -0.917. The molecule has 27 heavy (non-hydrogen) atoms. The van der Waals surface area contributed by atoms with Crippen molar-refractivity contribution in [3.63, 3.8) is 0 Å². The summed E-state index contributed by atoms with van der Waals surface area (Å²) in [6.45, 7) is 2.10. The van der Waals surface area contributed by atoms with Crippen molar-refractivity contribution in [3.05, 3.63) is 0 Å². The van der Waals surface area contributed by atoms with Gasteiger partial charge in [-0.2, -0.15) is 0 Å². The summed E-state index contributed by atoms with van der Waals surface area (Å²) >= 11 is 0. The second kappa shape index (κ2) is 12.5. The van der Waals surface area contributed by atoms with Crippen LogP contribution in [-0.4, -0.2) is 39.2 Å². The van der Waals surface area contributed by atoms with Crippen LogP contribution < -0.4 is 0 Å². The van der Waals surface area contributed by atoms with Crippen molar-refractivity contribution in [2.24, 2.45) is 5.41 Å². The minimum Gasteiger partial charge on any atom is -0.393 e. The Labute approximate surface area is 164 Å². The van der Waals surface area contributed by atoms with Gasteiger partial charge in [0.25, 0.3) is 5.97 Å². The van der Waals surface area contributed by atoms with Gasteiger partial charge < -0.3 is 18.9 Å². The number of cyclic esters (lactones) is 2. The number of hydrogen-bond donors (Lipinski definition) is 0. The van der Waals surface area contributed by atoms with E-state index in [1.54, 1.807) is 21.3 Å². The lowest BCUT2D eigenvalue weighted by molar-refractivity contribution is -0.355. The number of methoxy groups -OCH3 is 3. The lowest BCUT2D eigenvalue weighted by atomic mass is 9.77. The van der Waals surface area contributed by atoms with E-state index in [9.17, 15) is 9.59 Å². The van der Waals surface area contributed by atoms with E-state index in [-0.39, 0.29) is 18.4 Å². The zero-order chi connectivity index (χ0) is 20.2. The summed E-state index contributed by atoms with van der Waals surface area (Å²) in [6, 6.07) is 0. The molecule has 1 heterocycles. The number of carbonyl (C=O) groups is 2. The van der Waals surface area contributed by atoms with Crippen molar-refractivity contribution in [2.75, 3.05) is 21.3 Å². The molecule has 0 aromatic carbocycles. The number of rotatable bonds is 16. The molecule has 6 heteroatoms. The summed E-state index contributed by atoms with van der Waals surface area (Å²) < 4.78 is 20.7. The molecule has 0 bridgehead atoms. The Morgan fingerprint density at radius 1 is 0.852 bits per heavy atom. The first-order valence-corrected chi connectivity index (χ1v) is 10.4. The van der Waals surface area contributed by atoms with Crippen molar-refractivity contribution in [3.8, 4) is 0 Å². The lowest BCUT2D eigenvalue weighted by Crippen LogP contribution is -2.35. The van der Waals surface area contributed by atoms with E-state index in [0.717, 1.165) is 64.2 Å². The molecule has 1 fully saturated rings. The molecule has 1 atom stereocenters. The third-order valence-corrected chi connectivity index (χ3v) is 5.70. The molecular weight excluding hydrogens is 348 g/mol. The third-order valence-electron chi connectivity index (χ3n) is 5.70. The third kappa shape index (κ3) is 7.51. The Morgan fingerprint density at radius 3 is 1.85 bits per heavy atom. The predicted molar refractivity (Wildman–Crippen MR) is 103 cm³/mol. The monoisotopic (exact) mass is 386 g/mol. The summed E-state index contributed by atoms with van der Waals surface area (Å²) in [6.07, 6.45) is 12.2. The molecule has 1 saturated heterocycles. The molecule has 1 aliphatic rings. The van der Waals surface area contributed by atoms with E-state index in [2.05, 4.69) is 6.92 Å². The topological polar surface area (TPSA) is 71.1 Å². The maximum atomic E-state index is 12.1. The van der Waals surface area contributed by atoms with Crippen LogP contribution in [0.2, 0.25) is 0 Å². The van der Waals surface area contributed by atoms with Gasteiger partial charge in [-0.15, -0.1) is 0 Å². The number of unbranched alkanes of at least 4 members (excludes halogenated alkanes) is 7. The molecule has 0 amide bonds. The van der Waals surface area contributed by atoms with Crippen LogP contribution in [-0.2, 0) is 28.5 Å². The summed E-state index contributed by atoms with van der Waals surface area (Å²) in [7, 11) is 4.77. The highest BCUT2D eigenvalue weighted by molar-refractivity contribution is 5.97. The standard InChI is InChI=1S/C21H38O6/c1-5-6-14-20(17-18(22)27-19(20)23)15-12-10-8-7-9-11-13-16-21(24-2,25-3)26-4/h5-17H2,1-4H3. The molecule has 0 radical (unpaired) electrons. The van der Waals surface area contributed by atoms with E-state index in [0.29, 0.717) is 6.42 Å². The summed E-state index contributed by atoms with van der Waals surface area (Å²) in [5.74, 6) is -1.56. The number of carbonyl (C=O) groups excluding carboxylic acids is 2. The number of ether oxygens (including phenoxy) is 4. The van der Waals surface area contributed by atoms with Crippen molar-refractivity contribution < 1.29 is 28.5 Å². The average molecular weight is 387 g/mol. The van der Waals surface area contributed by atoms with E-state index in [1.807, 2.05) is 0 Å². The Morgan fingerprint density at radius 2 is 1.37 bits per heavy atom. The molecule has 0 aliphatic carbocycles. The molecule has 1 aliphatic heterocycles. The summed E-state index contributed by atoms with van der Waals surface area (Å²) in [5.41, 5.74) is -0.545. The van der Waals surface area contributed by atoms with Gasteiger partial charge >= 0.3 is 11.9 Å². The molecule has 1 unspecified atom stereocenters. The normalized spacial score (nSPS) is 20.3. The zero-order valence-electron chi connectivity index (χ0n) is 17.6. The smallest absolute Gasteiger partial charge is 0.320 e. The largest absolute Gasteiger partial charge is 0.393 e. The Kier molecular flexibility index (Phi) is 11.1. The van der Waals surface area contributed by atoms with E-state index >= 15 is 0 Å². The first-order valence-electron chi connectivity index (χ1n) is 10.4. The Balaban J connectivity index is 2.17.